The maximum atomic E-state index is 13.3. The topological polar surface area (TPSA) is 123 Å². The van der Waals surface area contributed by atoms with E-state index in [1.165, 1.54) is 22.3 Å². The summed E-state index contributed by atoms with van der Waals surface area (Å²) in [4.78, 5) is 58.8. The molecule has 4 amide bonds. The normalized spacial score (nSPS) is 23.3. The number of hydrogen-bond acceptors (Lipinski definition) is 9. The van der Waals surface area contributed by atoms with Gasteiger partial charge in [0.2, 0.25) is 11.8 Å². The zero-order chi connectivity index (χ0) is 39.0. The van der Waals surface area contributed by atoms with Gasteiger partial charge in [0.1, 0.15) is 23.6 Å². The highest BCUT2D eigenvalue weighted by Gasteiger charge is 2.45. The molecular weight excluding hydrogens is 719 g/mol. The molecule has 3 atom stereocenters. The van der Waals surface area contributed by atoms with Crippen molar-refractivity contribution in [1.82, 2.24) is 20.0 Å². The van der Waals surface area contributed by atoms with Crippen LogP contribution in [0.5, 0.6) is 11.5 Å². The van der Waals surface area contributed by atoms with Gasteiger partial charge in [-0.05, 0) is 103 Å². The Kier molecular flexibility index (Phi) is 10.3. The number of anilines is 1. The third-order valence-electron chi connectivity index (χ3n) is 12.8. The quantitative estimate of drug-likeness (QED) is 0.218. The van der Waals surface area contributed by atoms with Crippen LogP contribution in [0.2, 0.25) is 0 Å². The van der Waals surface area contributed by atoms with Crippen LogP contribution < -0.4 is 15.0 Å². The minimum Gasteiger partial charge on any atom is -0.508 e. The third-order valence-corrected chi connectivity index (χ3v) is 12.8. The first kappa shape index (κ1) is 37.1. The van der Waals surface area contributed by atoms with E-state index in [2.05, 4.69) is 80.7 Å². The molecule has 4 aliphatic heterocycles. The fourth-order valence-electron chi connectivity index (χ4n) is 9.64. The van der Waals surface area contributed by atoms with Gasteiger partial charge in [0, 0.05) is 70.4 Å². The van der Waals surface area contributed by atoms with E-state index in [0.717, 1.165) is 94.4 Å². The lowest BCUT2D eigenvalue weighted by Gasteiger charge is -2.38. The summed E-state index contributed by atoms with van der Waals surface area (Å²) in [5, 5.41) is 12.4. The second-order valence-corrected chi connectivity index (χ2v) is 16.2. The third kappa shape index (κ3) is 7.54. The van der Waals surface area contributed by atoms with Gasteiger partial charge in [-0.15, -0.1) is 0 Å². The number of rotatable bonds is 9. The monoisotopic (exact) mass is 767 g/mol. The fourth-order valence-corrected chi connectivity index (χ4v) is 9.64. The summed E-state index contributed by atoms with van der Waals surface area (Å²) in [5.41, 5.74) is 6.68. The molecule has 11 heteroatoms. The van der Waals surface area contributed by atoms with Crippen molar-refractivity contribution in [3.05, 3.63) is 124 Å². The number of phenolic OH excluding ortho intramolecular Hbond substituents is 1. The summed E-state index contributed by atoms with van der Waals surface area (Å²) in [7, 11) is 0. The number of phenols is 1. The molecule has 3 saturated heterocycles. The molecule has 4 aromatic rings. The van der Waals surface area contributed by atoms with E-state index in [1.54, 1.807) is 12.1 Å². The van der Waals surface area contributed by atoms with Crippen LogP contribution in [-0.2, 0) is 16.0 Å². The summed E-state index contributed by atoms with van der Waals surface area (Å²) < 4.78 is 6.53. The number of carbonyl (C=O) groups excluding carboxylic acids is 4. The number of piperidine rings is 2. The number of aryl methyl sites for hydroxylation is 1. The number of imide groups is 2. The van der Waals surface area contributed by atoms with Gasteiger partial charge in [-0.1, -0.05) is 48.5 Å². The molecular formula is C46H49N5O6. The van der Waals surface area contributed by atoms with E-state index in [1.807, 2.05) is 18.2 Å². The Labute approximate surface area is 333 Å². The van der Waals surface area contributed by atoms with E-state index in [9.17, 15) is 24.3 Å². The van der Waals surface area contributed by atoms with Crippen molar-refractivity contribution in [3.63, 3.8) is 0 Å². The molecule has 294 valence electrons. The van der Waals surface area contributed by atoms with Gasteiger partial charge < -0.3 is 19.6 Å². The lowest BCUT2D eigenvalue weighted by Crippen LogP contribution is -2.54. The lowest BCUT2D eigenvalue weighted by atomic mass is 9.69. The second-order valence-electron chi connectivity index (χ2n) is 16.2. The smallest absolute Gasteiger partial charge is 0.262 e. The van der Waals surface area contributed by atoms with E-state index in [-0.39, 0.29) is 30.8 Å². The molecule has 4 heterocycles. The van der Waals surface area contributed by atoms with Crippen LogP contribution in [0.15, 0.2) is 91.0 Å². The van der Waals surface area contributed by atoms with E-state index in [0.29, 0.717) is 22.8 Å². The first-order chi connectivity index (χ1) is 27.8. The maximum absolute atomic E-state index is 13.3. The van der Waals surface area contributed by atoms with Gasteiger partial charge in [-0.25, -0.2) is 0 Å². The second kappa shape index (κ2) is 15.8. The van der Waals surface area contributed by atoms with Crippen LogP contribution in [0, 0.1) is 0 Å². The molecule has 2 unspecified atom stereocenters. The highest BCUT2D eigenvalue weighted by atomic mass is 16.5. The number of carbonyl (C=O) groups is 4. The number of aromatic hydroxyl groups is 1. The molecule has 9 rings (SSSR count). The van der Waals surface area contributed by atoms with Gasteiger partial charge in [0.05, 0.1) is 11.1 Å². The summed E-state index contributed by atoms with van der Waals surface area (Å²) >= 11 is 0. The number of nitrogens with one attached hydrogen (secondary N) is 1. The molecule has 5 aliphatic rings. The maximum Gasteiger partial charge on any atom is 0.262 e. The van der Waals surface area contributed by atoms with Crippen molar-refractivity contribution < 1.29 is 29.0 Å². The molecule has 0 bridgehead atoms. The molecule has 2 N–H and O–H groups in total. The van der Waals surface area contributed by atoms with Crippen LogP contribution in [0.25, 0.3) is 0 Å². The average Bonchev–Trinajstić information content (AvgIpc) is 3.48. The van der Waals surface area contributed by atoms with Crippen molar-refractivity contribution in [2.24, 2.45) is 0 Å². The van der Waals surface area contributed by atoms with Crippen molar-refractivity contribution in [2.45, 2.75) is 62.5 Å². The first-order valence-electron chi connectivity index (χ1n) is 20.5. The first-order valence-corrected chi connectivity index (χ1v) is 20.5. The number of piperazine rings is 1. The summed E-state index contributed by atoms with van der Waals surface area (Å²) in [6.45, 7) is 7.46. The molecule has 1 aliphatic carbocycles. The Morgan fingerprint density at radius 1 is 0.667 bits per heavy atom. The van der Waals surface area contributed by atoms with Crippen LogP contribution in [0.1, 0.15) is 86.9 Å². The van der Waals surface area contributed by atoms with Gasteiger partial charge in [-0.3, -0.25) is 34.3 Å². The van der Waals surface area contributed by atoms with Crippen molar-refractivity contribution in [2.75, 3.05) is 57.3 Å². The van der Waals surface area contributed by atoms with Crippen LogP contribution in [0.4, 0.5) is 5.69 Å². The van der Waals surface area contributed by atoms with Crippen LogP contribution in [0.3, 0.4) is 0 Å². The van der Waals surface area contributed by atoms with E-state index in [4.69, 9.17) is 4.74 Å². The summed E-state index contributed by atoms with van der Waals surface area (Å²) in [6.07, 6.45) is 4.42. The van der Waals surface area contributed by atoms with Gasteiger partial charge in [0.25, 0.3) is 11.8 Å². The SMILES string of the molecule is O=C1CCC(N2C(=O)c3ccc(N4CCN(CCN5CCC(Oc6ccc(C7c8ccc(O)cc8CC[C@@H]7c7ccccc7)cc6)CC5)CC4)cc3C2=O)C(=O)N1. The van der Waals surface area contributed by atoms with E-state index >= 15 is 0 Å². The van der Waals surface area contributed by atoms with Crippen molar-refractivity contribution in [1.29, 1.82) is 0 Å². The highest BCUT2D eigenvalue weighted by Crippen LogP contribution is 2.47. The number of likely N-dealkylation sites (tertiary alicyclic amines) is 1. The Morgan fingerprint density at radius 3 is 2.12 bits per heavy atom. The number of fused-ring (bicyclic) bond motifs is 2. The van der Waals surface area contributed by atoms with Crippen molar-refractivity contribution in [3.8, 4) is 11.5 Å². The molecule has 3 fully saturated rings. The number of benzene rings is 4. The van der Waals surface area contributed by atoms with Gasteiger partial charge >= 0.3 is 0 Å². The standard InChI is InChI=1S/C46H49N5O6/c52-34-10-15-38-32(28-34)8-13-37(30-4-2-1-3-5-30)43(38)31-6-11-35(12-7-31)57-36-18-20-48(21-19-36)22-23-49-24-26-50(27-25-49)33-9-14-39-40(29-33)46(56)51(45(39)55)41-16-17-42(53)47-44(41)54/h1-7,9-12,14-15,28-29,36-37,41,43,52H,8,13,16-27H2,(H,47,53,54)/t37-,41?,43?/m1/s1. The largest absolute Gasteiger partial charge is 0.508 e. The lowest BCUT2D eigenvalue weighted by molar-refractivity contribution is -0.136. The predicted molar refractivity (Wildman–Crippen MR) is 216 cm³/mol. The predicted octanol–water partition coefficient (Wildman–Crippen LogP) is 5.32. The Bertz CT molecular complexity index is 2160. The molecule has 0 aromatic heterocycles. The Morgan fingerprint density at radius 2 is 1.39 bits per heavy atom. The summed E-state index contributed by atoms with van der Waals surface area (Å²) in [5.74, 6) is -0.102. The summed E-state index contributed by atoms with van der Waals surface area (Å²) in [6, 6.07) is 29.8. The molecule has 0 saturated carbocycles. The zero-order valence-corrected chi connectivity index (χ0v) is 32.1. The Balaban J connectivity index is 0.742. The number of amides is 4. The van der Waals surface area contributed by atoms with Gasteiger partial charge in [-0.2, -0.15) is 0 Å². The number of ether oxygens (including phenoxy) is 1. The zero-order valence-electron chi connectivity index (χ0n) is 32.1. The molecule has 4 aromatic carbocycles. The van der Waals surface area contributed by atoms with Crippen LogP contribution >= 0.6 is 0 Å². The minimum absolute atomic E-state index is 0.101. The fraction of sp³-hybridized carbons (Fsp3) is 0.391. The van der Waals surface area contributed by atoms with Crippen LogP contribution in [-0.4, -0.2) is 108 Å². The highest BCUT2D eigenvalue weighted by molar-refractivity contribution is 6.23. The average molecular weight is 768 g/mol. The molecule has 0 spiro atoms. The molecule has 11 nitrogen and oxygen atoms in total. The molecule has 0 radical (unpaired) electrons. The van der Waals surface area contributed by atoms with E-state index < -0.39 is 23.8 Å². The minimum atomic E-state index is -0.962. The Hall–Kier alpha value is -5.52. The van der Waals surface area contributed by atoms with Gasteiger partial charge in [0.15, 0.2) is 0 Å². The van der Waals surface area contributed by atoms with Crippen molar-refractivity contribution >= 4 is 29.3 Å². The number of nitrogens with zero attached hydrogens (tertiary/aromatic N) is 4. The number of hydrogen-bond donors (Lipinski definition) is 2. The molecule has 57 heavy (non-hydrogen) atoms.